The van der Waals surface area contributed by atoms with Gasteiger partial charge in [-0.1, -0.05) is 28.1 Å². The maximum Gasteiger partial charge on any atom is 0.262 e. The van der Waals surface area contributed by atoms with Crippen molar-refractivity contribution in [1.29, 1.82) is 0 Å². The molecule has 110 valence electrons. The zero-order valence-corrected chi connectivity index (χ0v) is 14.9. The van der Waals surface area contributed by atoms with E-state index in [0.717, 1.165) is 25.8 Å². The lowest BCUT2D eigenvalue weighted by Crippen LogP contribution is -2.20. The van der Waals surface area contributed by atoms with Gasteiger partial charge in [-0.25, -0.2) is 0 Å². The molecule has 0 saturated heterocycles. The van der Waals surface area contributed by atoms with E-state index in [-0.39, 0.29) is 12.5 Å². The Bertz CT molecular complexity index is 671. The van der Waals surface area contributed by atoms with E-state index in [1.165, 1.54) is 0 Å². The van der Waals surface area contributed by atoms with Crippen molar-refractivity contribution in [2.45, 2.75) is 13.8 Å². The summed E-state index contributed by atoms with van der Waals surface area (Å²) in [5.41, 5.74) is 2.83. The molecule has 0 aliphatic carbocycles. The van der Waals surface area contributed by atoms with E-state index >= 15 is 0 Å². The van der Waals surface area contributed by atoms with E-state index < -0.39 is 0 Å². The van der Waals surface area contributed by atoms with Crippen LogP contribution in [0.15, 0.2) is 45.3 Å². The zero-order chi connectivity index (χ0) is 15.4. The van der Waals surface area contributed by atoms with Crippen LogP contribution < -0.4 is 10.1 Å². The highest BCUT2D eigenvalue weighted by atomic mass is 79.9. The van der Waals surface area contributed by atoms with Crippen LogP contribution in [0.2, 0.25) is 0 Å². The lowest BCUT2D eigenvalue weighted by atomic mass is 10.1. The summed E-state index contributed by atoms with van der Waals surface area (Å²) in [5.74, 6) is 0.541. The monoisotopic (exact) mass is 411 g/mol. The molecule has 0 spiro atoms. The van der Waals surface area contributed by atoms with Gasteiger partial charge in [0.1, 0.15) is 5.75 Å². The molecule has 1 N–H and O–H groups in total. The summed E-state index contributed by atoms with van der Waals surface area (Å²) < 4.78 is 7.34. The first kappa shape index (κ1) is 16.0. The van der Waals surface area contributed by atoms with Crippen LogP contribution in [0, 0.1) is 13.8 Å². The highest BCUT2D eigenvalue weighted by Gasteiger charge is 2.08. The van der Waals surface area contributed by atoms with Crippen LogP contribution in [0.25, 0.3) is 0 Å². The number of hydrogen-bond acceptors (Lipinski definition) is 2. The Hall–Kier alpha value is -1.33. The van der Waals surface area contributed by atoms with E-state index in [2.05, 4.69) is 37.2 Å². The first-order chi connectivity index (χ1) is 9.95. The fourth-order valence-electron chi connectivity index (χ4n) is 1.78. The minimum Gasteiger partial charge on any atom is -0.483 e. The largest absolute Gasteiger partial charge is 0.483 e. The second-order valence-electron chi connectivity index (χ2n) is 4.73. The quantitative estimate of drug-likeness (QED) is 0.779. The number of halogens is 2. The maximum absolute atomic E-state index is 12.0. The van der Waals surface area contributed by atoms with Crippen molar-refractivity contribution in [2.24, 2.45) is 0 Å². The van der Waals surface area contributed by atoms with E-state index in [0.29, 0.717) is 5.69 Å². The Morgan fingerprint density at radius 3 is 2.62 bits per heavy atom. The number of hydrogen-bond donors (Lipinski definition) is 1. The topological polar surface area (TPSA) is 38.3 Å². The second-order valence-corrected chi connectivity index (χ2v) is 6.50. The van der Waals surface area contributed by atoms with Crippen molar-refractivity contribution < 1.29 is 9.53 Å². The fourth-order valence-corrected chi connectivity index (χ4v) is 2.93. The predicted octanol–water partition coefficient (Wildman–Crippen LogP) is 4.85. The number of benzene rings is 2. The number of amides is 1. The number of carbonyl (C=O) groups is 1. The van der Waals surface area contributed by atoms with Gasteiger partial charge < -0.3 is 10.1 Å². The van der Waals surface area contributed by atoms with Gasteiger partial charge in [-0.15, -0.1) is 0 Å². The van der Waals surface area contributed by atoms with E-state index in [1.54, 1.807) is 0 Å². The molecular formula is C16H15Br2NO2. The summed E-state index contributed by atoms with van der Waals surface area (Å²) in [4.78, 5) is 12.0. The third-order valence-corrected chi connectivity index (χ3v) is 4.06. The van der Waals surface area contributed by atoms with Gasteiger partial charge in [0.2, 0.25) is 0 Å². The van der Waals surface area contributed by atoms with Crippen molar-refractivity contribution in [3.8, 4) is 5.75 Å². The normalized spacial score (nSPS) is 10.3. The summed E-state index contributed by atoms with van der Waals surface area (Å²) in [6.45, 7) is 3.93. The molecule has 21 heavy (non-hydrogen) atoms. The van der Waals surface area contributed by atoms with Crippen LogP contribution >= 0.6 is 31.9 Å². The first-order valence-electron chi connectivity index (χ1n) is 6.40. The van der Waals surface area contributed by atoms with Crippen molar-refractivity contribution >= 4 is 43.5 Å². The molecule has 0 aliphatic rings. The van der Waals surface area contributed by atoms with Crippen LogP contribution in [0.5, 0.6) is 5.75 Å². The van der Waals surface area contributed by atoms with Crippen LogP contribution in [0.4, 0.5) is 5.69 Å². The number of anilines is 1. The molecule has 0 heterocycles. The minimum absolute atomic E-state index is 0.0210. The molecular weight excluding hydrogens is 398 g/mol. The van der Waals surface area contributed by atoms with Crippen LogP contribution in [-0.4, -0.2) is 12.5 Å². The Morgan fingerprint density at radius 1 is 1.14 bits per heavy atom. The summed E-state index contributed by atoms with van der Waals surface area (Å²) in [6.07, 6.45) is 0. The number of carbonyl (C=O) groups excluding carboxylic acids is 1. The van der Waals surface area contributed by atoms with Gasteiger partial charge in [0.25, 0.3) is 5.91 Å². The first-order valence-corrected chi connectivity index (χ1v) is 7.99. The molecule has 0 unspecified atom stereocenters. The Balaban J connectivity index is 1.97. The van der Waals surface area contributed by atoms with Crippen LogP contribution in [0.1, 0.15) is 11.1 Å². The fraction of sp³-hybridized carbons (Fsp3) is 0.188. The van der Waals surface area contributed by atoms with Crippen LogP contribution in [-0.2, 0) is 4.79 Å². The van der Waals surface area contributed by atoms with E-state index in [1.807, 2.05) is 50.2 Å². The molecule has 0 fully saturated rings. The standard InChI is InChI=1S/C16H15Br2NO2/c1-10-3-4-11(2)15(7-10)21-9-16(20)19-14-6-5-12(17)8-13(14)18/h3-8H,9H2,1-2H3,(H,19,20). The van der Waals surface area contributed by atoms with Crippen LogP contribution in [0.3, 0.4) is 0 Å². The summed E-state index contributed by atoms with van der Waals surface area (Å²) in [7, 11) is 0. The Morgan fingerprint density at radius 2 is 1.90 bits per heavy atom. The third kappa shape index (κ3) is 4.58. The number of rotatable bonds is 4. The van der Waals surface area contributed by atoms with Gasteiger partial charge >= 0.3 is 0 Å². The van der Waals surface area contributed by atoms with Gasteiger partial charge in [-0.2, -0.15) is 0 Å². The molecule has 0 saturated carbocycles. The molecule has 2 aromatic rings. The van der Waals surface area contributed by atoms with Gasteiger partial charge in [-0.3, -0.25) is 4.79 Å². The Kier molecular flexibility index (Phi) is 5.42. The zero-order valence-electron chi connectivity index (χ0n) is 11.7. The maximum atomic E-state index is 12.0. The molecule has 5 heteroatoms. The molecule has 0 atom stereocenters. The SMILES string of the molecule is Cc1ccc(C)c(OCC(=O)Nc2ccc(Br)cc2Br)c1. The summed E-state index contributed by atoms with van der Waals surface area (Å²) >= 11 is 6.78. The van der Waals surface area contributed by atoms with Gasteiger partial charge in [0, 0.05) is 8.95 Å². The third-order valence-electron chi connectivity index (χ3n) is 2.91. The lowest BCUT2D eigenvalue weighted by Gasteiger charge is -2.11. The molecule has 0 aromatic heterocycles. The number of nitrogens with one attached hydrogen (secondary N) is 1. The van der Waals surface area contributed by atoms with Crippen molar-refractivity contribution in [1.82, 2.24) is 0 Å². The molecule has 2 rings (SSSR count). The van der Waals surface area contributed by atoms with Crippen molar-refractivity contribution in [3.63, 3.8) is 0 Å². The highest BCUT2D eigenvalue weighted by Crippen LogP contribution is 2.26. The molecule has 0 aliphatic heterocycles. The number of ether oxygens (including phenoxy) is 1. The number of aryl methyl sites for hydroxylation is 2. The van der Waals surface area contributed by atoms with Crippen molar-refractivity contribution in [2.75, 3.05) is 11.9 Å². The molecule has 0 radical (unpaired) electrons. The lowest BCUT2D eigenvalue weighted by molar-refractivity contribution is -0.118. The average Bonchev–Trinajstić information content (AvgIpc) is 2.43. The summed E-state index contributed by atoms with van der Waals surface area (Å²) in [5, 5.41) is 2.81. The average molecular weight is 413 g/mol. The van der Waals surface area contributed by atoms with Crippen molar-refractivity contribution in [3.05, 3.63) is 56.5 Å². The van der Waals surface area contributed by atoms with Gasteiger partial charge in [0.15, 0.2) is 6.61 Å². The van der Waals surface area contributed by atoms with Gasteiger partial charge in [0.05, 0.1) is 5.69 Å². The molecule has 3 nitrogen and oxygen atoms in total. The predicted molar refractivity (Wildman–Crippen MR) is 91.9 cm³/mol. The van der Waals surface area contributed by atoms with E-state index in [4.69, 9.17) is 4.74 Å². The highest BCUT2D eigenvalue weighted by molar-refractivity contribution is 9.11. The molecule has 2 aromatic carbocycles. The molecule has 0 bridgehead atoms. The minimum atomic E-state index is -0.195. The molecule has 1 amide bonds. The smallest absolute Gasteiger partial charge is 0.262 e. The summed E-state index contributed by atoms with van der Waals surface area (Å²) in [6, 6.07) is 11.5. The Labute approximate surface area is 141 Å². The van der Waals surface area contributed by atoms with Gasteiger partial charge in [-0.05, 0) is 65.2 Å². The van der Waals surface area contributed by atoms with E-state index in [9.17, 15) is 4.79 Å². The second kappa shape index (κ2) is 7.09.